The molecule has 1 aromatic carbocycles. The van der Waals surface area contributed by atoms with Gasteiger partial charge in [-0.15, -0.1) is 11.3 Å². The van der Waals surface area contributed by atoms with Crippen molar-refractivity contribution in [2.45, 2.75) is 32.2 Å². The number of hydrogen-bond donors (Lipinski definition) is 1. The molecule has 0 fully saturated rings. The Morgan fingerprint density at radius 1 is 1.36 bits per heavy atom. The van der Waals surface area contributed by atoms with E-state index in [1.54, 1.807) is 23.4 Å². The van der Waals surface area contributed by atoms with Crippen LogP contribution < -0.4 is 10.2 Å². The fourth-order valence-corrected chi connectivity index (χ4v) is 3.21. The average Bonchev–Trinajstić information content (AvgIpc) is 2.95. The Morgan fingerprint density at radius 2 is 2.18 bits per heavy atom. The molecule has 2 heterocycles. The molecule has 1 aliphatic rings. The molecule has 0 radical (unpaired) electrons. The van der Waals surface area contributed by atoms with Crippen LogP contribution in [0.25, 0.3) is 0 Å². The van der Waals surface area contributed by atoms with Crippen LogP contribution in [-0.4, -0.2) is 22.8 Å². The van der Waals surface area contributed by atoms with Gasteiger partial charge in [-0.1, -0.05) is 18.2 Å². The van der Waals surface area contributed by atoms with Crippen LogP contribution in [0.3, 0.4) is 0 Å². The van der Waals surface area contributed by atoms with Crippen molar-refractivity contribution >= 4 is 34.0 Å². The Morgan fingerprint density at radius 3 is 2.95 bits per heavy atom. The van der Waals surface area contributed by atoms with E-state index in [1.807, 2.05) is 24.3 Å². The summed E-state index contributed by atoms with van der Waals surface area (Å²) in [5, 5.41) is 5.11. The number of carbonyl (C=O) groups excluding carboxylic acids is 2. The van der Waals surface area contributed by atoms with E-state index >= 15 is 0 Å². The first-order valence-electron chi connectivity index (χ1n) is 7.27. The molecule has 0 aliphatic carbocycles. The van der Waals surface area contributed by atoms with Crippen LogP contribution in [0.2, 0.25) is 0 Å². The number of thiazole rings is 1. The molecule has 1 aromatic heterocycles. The molecular formula is C16H17N3O2S. The van der Waals surface area contributed by atoms with E-state index in [2.05, 4.69) is 10.3 Å². The molecule has 6 heteroatoms. The van der Waals surface area contributed by atoms with Crippen molar-refractivity contribution in [3.05, 3.63) is 41.4 Å². The Bertz CT molecular complexity index is 684. The highest BCUT2D eigenvalue weighted by Crippen LogP contribution is 2.28. The van der Waals surface area contributed by atoms with Crippen molar-refractivity contribution in [1.29, 1.82) is 0 Å². The second kappa shape index (κ2) is 6.27. The summed E-state index contributed by atoms with van der Waals surface area (Å²) < 4.78 is 0. The lowest BCUT2D eigenvalue weighted by atomic mass is 10.1. The third-order valence-corrected chi connectivity index (χ3v) is 4.47. The van der Waals surface area contributed by atoms with E-state index in [0.717, 1.165) is 24.1 Å². The number of nitrogens with zero attached hydrogens (tertiary/aromatic N) is 2. The molecule has 3 rings (SSSR count). The quantitative estimate of drug-likeness (QED) is 0.947. The summed E-state index contributed by atoms with van der Waals surface area (Å²) in [6.07, 6.45) is 3.77. The van der Waals surface area contributed by atoms with Crippen LogP contribution in [-0.2, 0) is 16.0 Å². The third-order valence-electron chi connectivity index (χ3n) is 3.79. The van der Waals surface area contributed by atoms with Gasteiger partial charge in [0.05, 0.1) is 0 Å². The van der Waals surface area contributed by atoms with Crippen molar-refractivity contribution in [3.63, 3.8) is 0 Å². The first kappa shape index (κ1) is 14.7. The van der Waals surface area contributed by atoms with Crippen LogP contribution in [0, 0.1) is 0 Å². The highest BCUT2D eigenvalue weighted by Gasteiger charge is 2.30. The minimum Gasteiger partial charge on any atom is -0.300 e. The first-order chi connectivity index (χ1) is 10.7. The zero-order chi connectivity index (χ0) is 15.5. The number of hydrogen-bond acceptors (Lipinski definition) is 4. The predicted octanol–water partition coefficient (Wildman–Crippen LogP) is 2.84. The molecule has 1 atom stereocenters. The van der Waals surface area contributed by atoms with E-state index in [1.165, 1.54) is 11.3 Å². The van der Waals surface area contributed by atoms with Crippen molar-refractivity contribution in [3.8, 4) is 0 Å². The van der Waals surface area contributed by atoms with Crippen LogP contribution in [0.4, 0.5) is 10.8 Å². The summed E-state index contributed by atoms with van der Waals surface area (Å²) in [4.78, 5) is 30.6. The number of aryl methyl sites for hydroxylation is 1. The summed E-state index contributed by atoms with van der Waals surface area (Å²) >= 11 is 1.36. The van der Waals surface area contributed by atoms with Crippen molar-refractivity contribution in [2.24, 2.45) is 0 Å². The number of benzene rings is 1. The number of aromatic nitrogens is 1. The number of amides is 2. The van der Waals surface area contributed by atoms with Crippen molar-refractivity contribution < 1.29 is 9.59 Å². The zero-order valence-corrected chi connectivity index (χ0v) is 13.1. The van der Waals surface area contributed by atoms with E-state index in [9.17, 15) is 9.59 Å². The van der Waals surface area contributed by atoms with Crippen molar-refractivity contribution in [2.75, 3.05) is 10.2 Å². The van der Waals surface area contributed by atoms with Gasteiger partial charge in [0, 0.05) is 23.7 Å². The molecule has 0 spiro atoms. The molecular weight excluding hydrogens is 298 g/mol. The molecule has 0 bridgehead atoms. The maximum atomic E-state index is 12.5. The lowest BCUT2D eigenvalue weighted by Crippen LogP contribution is -2.45. The Kier molecular flexibility index (Phi) is 4.20. The van der Waals surface area contributed by atoms with Gasteiger partial charge in [0.1, 0.15) is 6.04 Å². The monoisotopic (exact) mass is 315 g/mol. The second-order valence-corrected chi connectivity index (χ2v) is 6.14. The van der Waals surface area contributed by atoms with E-state index in [-0.39, 0.29) is 11.8 Å². The molecule has 0 unspecified atom stereocenters. The standard InChI is InChI=1S/C16H17N3O2S/c1-11(15(21)18-16-17-9-10-22-16)19-13-7-3-2-5-12(13)6-4-8-14(19)20/h2-3,5,7,9-11H,4,6,8H2,1H3,(H,17,18,21)/t11-/m0/s1. The predicted molar refractivity (Wildman–Crippen MR) is 87.1 cm³/mol. The second-order valence-electron chi connectivity index (χ2n) is 5.25. The average molecular weight is 315 g/mol. The Labute approximate surface area is 133 Å². The van der Waals surface area contributed by atoms with Gasteiger partial charge in [-0.3, -0.25) is 14.5 Å². The maximum absolute atomic E-state index is 12.5. The van der Waals surface area contributed by atoms with E-state index < -0.39 is 6.04 Å². The van der Waals surface area contributed by atoms with Crippen LogP contribution >= 0.6 is 11.3 Å². The van der Waals surface area contributed by atoms with Gasteiger partial charge in [-0.25, -0.2) is 4.98 Å². The SMILES string of the molecule is C[C@@H](C(=O)Nc1nccs1)N1C(=O)CCCc2ccccc21. The third kappa shape index (κ3) is 2.87. The minimum atomic E-state index is -0.573. The summed E-state index contributed by atoms with van der Waals surface area (Å²) in [7, 11) is 0. The largest absolute Gasteiger partial charge is 0.300 e. The van der Waals surface area contributed by atoms with Gasteiger partial charge >= 0.3 is 0 Å². The number of anilines is 2. The lowest BCUT2D eigenvalue weighted by molar-refractivity contribution is -0.123. The summed E-state index contributed by atoms with van der Waals surface area (Å²) in [5.41, 5.74) is 1.95. The van der Waals surface area contributed by atoms with Crippen LogP contribution in [0.15, 0.2) is 35.8 Å². The highest BCUT2D eigenvalue weighted by molar-refractivity contribution is 7.13. The van der Waals surface area contributed by atoms with Crippen molar-refractivity contribution in [1.82, 2.24) is 4.98 Å². The molecule has 22 heavy (non-hydrogen) atoms. The molecule has 5 nitrogen and oxygen atoms in total. The zero-order valence-electron chi connectivity index (χ0n) is 12.3. The maximum Gasteiger partial charge on any atom is 0.249 e. The lowest BCUT2D eigenvalue weighted by Gasteiger charge is -2.28. The van der Waals surface area contributed by atoms with E-state index in [4.69, 9.17) is 0 Å². The van der Waals surface area contributed by atoms with Gasteiger partial charge in [-0.05, 0) is 31.4 Å². The fourth-order valence-electron chi connectivity index (χ4n) is 2.68. The molecule has 0 saturated carbocycles. The fraction of sp³-hybridized carbons (Fsp3) is 0.312. The number of para-hydroxylation sites is 1. The molecule has 2 amide bonds. The summed E-state index contributed by atoms with van der Waals surface area (Å²) in [6, 6.07) is 7.22. The Hall–Kier alpha value is -2.21. The first-order valence-corrected chi connectivity index (χ1v) is 8.15. The van der Waals surface area contributed by atoms with Crippen LogP contribution in [0.5, 0.6) is 0 Å². The van der Waals surface area contributed by atoms with E-state index in [0.29, 0.717) is 11.6 Å². The minimum absolute atomic E-state index is 0.00765. The number of rotatable bonds is 3. The molecule has 114 valence electrons. The molecule has 0 saturated heterocycles. The van der Waals surface area contributed by atoms with Gasteiger partial charge in [0.15, 0.2) is 5.13 Å². The smallest absolute Gasteiger partial charge is 0.249 e. The normalized spacial score (nSPS) is 15.9. The molecule has 1 N–H and O–H groups in total. The Balaban J connectivity index is 1.87. The van der Waals surface area contributed by atoms with Gasteiger partial charge < -0.3 is 5.32 Å². The van der Waals surface area contributed by atoms with Gasteiger partial charge in [0.2, 0.25) is 11.8 Å². The van der Waals surface area contributed by atoms with Crippen LogP contribution in [0.1, 0.15) is 25.3 Å². The van der Waals surface area contributed by atoms with Gasteiger partial charge in [0.25, 0.3) is 0 Å². The molecule has 1 aliphatic heterocycles. The number of fused-ring (bicyclic) bond motifs is 1. The number of nitrogens with one attached hydrogen (secondary N) is 1. The molecule has 2 aromatic rings. The topological polar surface area (TPSA) is 62.3 Å². The van der Waals surface area contributed by atoms with Gasteiger partial charge in [-0.2, -0.15) is 0 Å². The highest BCUT2D eigenvalue weighted by atomic mass is 32.1. The summed E-state index contributed by atoms with van der Waals surface area (Å²) in [5.74, 6) is -0.230. The number of carbonyl (C=O) groups is 2. The summed E-state index contributed by atoms with van der Waals surface area (Å²) in [6.45, 7) is 1.75.